The topological polar surface area (TPSA) is 46.5 Å². The second kappa shape index (κ2) is 10.3. The van der Waals surface area contributed by atoms with Crippen LogP contribution in [0.15, 0.2) is 30.3 Å². The summed E-state index contributed by atoms with van der Waals surface area (Å²) in [5.41, 5.74) is 1.17. The van der Waals surface area contributed by atoms with Crippen molar-refractivity contribution >= 4 is 6.16 Å². The highest BCUT2D eigenvalue weighted by molar-refractivity contribution is 5.56. The summed E-state index contributed by atoms with van der Waals surface area (Å²) in [5, 5.41) is 8.66. The highest BCUT2D eigenvalue weighted by Gasteiger charge is 2.13. The lowest BCUT2D eigenvalue weighted by atomic mass is 9.93. The molecule has 1 aromatic rings. The maximum Gasteiger partial charge on any atom is 0.505 e. The van der Waals surface area contributed by atoms with E-state index < -0.39 is 6.16 Å². The van der Waals surface area contributed by atoms with E-state index in [0.29, 0.717) is 0 Å². The zero-order valence-electron chi connectivity index (χ0n) is 12.4. The molecule has 0 radical (unpaired) electrons. The number of carbonyl (C=O) groups is 1. The number of hydrogen-bond acceptors (Lipinski definition) is 2. The van der Waals surface area contributed by atoms with Crippen molar-refractivity contribution in [3.63, 3.8) is 0 Å². The Morgan fingerprint density at radius 2 is 1.75 bits per heavy atom. The maximum atomic E-state index is 10.6. The van der Waals surface area contributed by atoms with Gasteiger partial charge in [-0.25, -0.2) is 4.79 Å². The van der Waals surface area contributed by atoms with Crippen molar-refractivity contribution in [1.82, 2.24) is 0 Å². The molecule has 1 N–H and O–H groups in total. The largest absolute Gasteiger partial charge is 0.505 e. The van der Waals surface area contributed by atoms with Crippen LogP contribution in [-0.4, -0.2) is 17.9 Å². The van der Waals surface area contributed by atoms with Crippen LogP contribution in [0.1, 0.15) is 63.4 Å². The molecule has 0 aromatic heterocycles. The molecular formula is C17H26O3. The van der Waals surface area contributed by atoms with Crippen molar-refractivity contribution in [3.8, 4) is 0 Å². The van der Waals surface area contributed by atoms with Crippen LogP contribution in [0.2, 0.25) is 0 Å². The highest BCUT2D eigenvalue weighted by atomic mass is 16.7. The summed E-state index contributed by atoms with van der Waals surface area (Å²) >= 11 is 0. The van der Waals surface area contributed by atoms with Gasteiger partial charge in [0, 0.05) is 5.92 Å². The van der Waals surface area contributed by atoms with Crippen LogP contribution in [0.25, 0.3) is 0 Å². The number of ether oxygens (including phenoxy) is 1. The summed E-state index contributed by atoms with van der Waals surface area (Å²) in [6.07, 6.45) is 7.30. The van der Waals surface area contributed by atoms with Gasteiger partial charge in [0.05, 0.1) is 0 Å². The van der Waals surface area contributed by atoms with Crippen LogP contribution < -0.4 is 0 Å². The zero-order valence-corrected chi connectivity index (χ0v) is 12.4. The Morgan fingerprint density at radius 1 is 1.10 bits per heavy atom. The standard InChI is InChI=1S/C17H26O3/c1-2-3-4-5-6-8-13-16(14-20-17(18)19)15-11-9-7-10-12-15/h7,9-12,16H,2-6,8,13-14H2,1H3,(H,18,19). The molecule has 0 fully saturated rings. The lowest BCUT2D eigenvalue weighted by Crippen LogP contribution is -2.11. The number of rotatable bonds is 10. The molecular weight excluding hydrogens is 252 g/mol. The average Bonchev–Trinajstić information content (AvgIpc) is 2.46. The molecule has 112 valence electrons. The van der Waals surface area contributed by atoms with Crippen molar-refractivity contribution in [2.45, 2.75) is 57.8 Å². The summed E-state index contributed by atoms with van der Waals surface area (Å²) in [7, 11) is 0. The van der Waals surface area contributed by atoms with Crippen LogP contribution in [0, 0.1) is 0 Å². The van der Waals surface area contributed by atoms with Gasteiger partial charge in [-0.05, 0) is 12.0 Å². The Morgan fingerprint density at radius 3 is 2.40 bits per heavy atom. The Bertz CT molecular complexity index is 362. The normalized spacial score (nSPS) is 12.1. The minimum absolute atomic E-state index is 0.179. The molecule has 1 aromatic carbocycles. The Labute approximate surface area is 122 Å². The van der Waals surface area contributed by atoms with Gasteiger partial charge in [0.2, 0.25) is 0 Å². The first kappa shape index (κ1) is 16.5. The molecule has 0 aliphatic rings. The molecule has 0 aliphatic carbocycles. The molecule has 20 heavy (non-hydrogen) atoms. The molecule has 3 heteroatoms. The molecule has 0 bridgehead atoms. The van der Waals surface area contributed by atoms with Gasteiger partial charge < -0.3 is 9.84 Å². The first-order chi connectivity index (χ1) is 9.74. The molecule has 1 unspecified atom stereocenters. The van der Waals surface area contributed by atoms with Gasteiger partial charge in [0.15, 0.2) is 0 Å². The van der Waals surface area contributed by atoms with Crippen molar-refractivity contribution < 1.29 is 14.6 Å². The second-order valence-electron chi connectivity index (χ2n) is 5.24. The van der Waals surface area contributed by atoms with E-state index in [9.17, 15) is 4.79 Å². The fourth-order valence-electron chi connectivity index (χ4n) is 2.41. The predicted molar refractivity (Wildman–Crippen MR) is 81.2 cm³/mol. The van der Waals surface area contributed by atoms with Crippen LogP contribution in [-0.2, 0) is 4.74 Å². The number of hydrogen-bond donors (Lipinski definition) is 1. The van der Waals surface area contributed by atoms with Crippen LogP contribution >= 0.6 is 0 Å². The third-order valence-electron chi connectivity index (χ3n) is 3.59. The molecule has 3 nitrogen and oxygen atoms in total. The summed E-state index contributed by atoms with van der Waals surface area (Å²) < 4.78 is 4.77. The molecule has 0 saturated heterocycles. The summed E-state index contributed by atoms with van der Waals surface area (Å²) in [6, 6.07) is 10.1. The van der Waals surface area contributed by atoms with Crippen molar-refractivity contribution in [2.24, 2.45) is 0 Å². The molecule has 0 spiro atoms. The lowest BCUT2D eigenvalue weighted by molar-refractivity contribution is 0.0846. The highest BCUT2D eigenvalue weighted by Crippen LogP contribution is 2.23. The van der Waals surface area contributed by atoms with Gasteiger partial charge in [-0.1, -0.05) is 75.8 Å². The fraction of sp³-hybridized carbons (Fsp3) is 0.588. The van der Waals surface area contributed by atoms with E-state index in [1.54, 1.807) is 0 Å². The Hall–Kier alpha value is -1.51. The quantitative estimate of drug-likeness (QED) is 0.471. The van der Waals surface area contributed by atoms with E-state index in [2.05, 4.69) is 6.92 Å². The van der Waals surface area contributed by atoms with Crippen molar-refractivity contribution in [1.29, 1.82) is 0 Å². The molecule has 0 aliphatic heterocycles. The third kappa shape index (κ3) is 7.17. The van der Waals surface area contributed by atoms with Crippen LogP contribution in [0.3, 0.4) is 0 Å². The number of carboxylic acid groups (broad SMARTS) is 1. The second-order valence-corrected chi connectivity index (χ2v) is 5.24. The Balaban J connectivity index is 2.37. The summed E-state index contributed by atoms with van der Waals surface area (Å²) in [5.74, 6) is 0.179. The molecule has 0 amide bonds. The fourth-order valence-corrected chi connectivity index (χ4v) is 2.41. The first-order valence-corrected chi connectivity index (χ1v) is 7.64. The molecule has 1 atom stereocenters. The van der Waals surface area contributed by atoms with E-state index >= 15 is 0 Å². The third-order valence-corrected chi connectivity index (χ3v) is 3.59. The van der Waals surface area contributed by atoms with Crippen molar-refractivity contribution in [2.75, 3.05) is 6.61 Å². The molecule has 1 rings (SSSR count). The van der Waals surface area contributed by atoms with Gasteiger partial charge in [0.1, 0.15) is 6.61 Å². The van der Waals surface area contributed by atoms with E-state index in [4.69, 9.17) is 9.84 Å². The van der Waals surface area contributed by atoms with Gasteiger partial charge in [-0.2, -0.15) is 0 Å². The van der Waals surface area contributed by atoms with Gasteiger partial charge in [-0.3, -0.25) is 0 Å². The molecule has 0 heterocycles. The lowest BCUT2D eigenvalue weighted by Gasteiger charge is -2.16. The average molecular weight is 278 g/mol. The van der Waals surface area contributed by atoms with Gasteiger partial charge >= 0.3 is 6.16 Å². The number of benzene rings is 1. The summed E-state index contributed by atoms with van der Waals surface area (Å²) in [6.45, 7) is 2.48. The molecule has 0 saturated carbocycles. The van der Waals surface area contributed by atoms with E-state index in [1.807, 2.05) is 30.3 Å². The zero-order chi connectivity index (χ0) is 14.6. The van der Waals surface area contributed by atoms with Gasteiger partial charge in [-0.15, -0.1) is 0 Å². The predicted octanol–water partition coefficient (Wildman–Crippen LogP) is 5.22. The van der Waals surface area contributed by atoms with E-state index in [1.165, 1.54) is 37.7 Å². The maximum absolute atomic E-state index is 10.6. The SMILES string of the molecule is CCCCCCCCC(COC(=O)O)c1ccccc1. The van der Waals surface area contributed by atoms with E-state index in [0.717, 1.165) is 12.8 Å². The smallest absolute Gasteiger partial charge is 0.450 e. The monoisotopic (exact) mass is 278 g/mol. The Kier molecular flexibility index (Phi) is 8.52. The van der Waals surface area contributed by atoms with E-state index in [-0.39, 0.29) is 12.5 Å². The first-order valence-electron chi connectivity index (χ1n) is 7.64. The van der Waals surface area contributed by atoms with Crippen LogP contribution in [0.4, 0.5) is 4.79 Å². The van der Waals surface area contributed by atoms with Crippen LogP contribution in [0.5, 0.6) is 0 Å². The minimum atomic E-state index is -1.19. The summed E-state index contributed by atoms with van der Waals surface area (Å²) in [4.78, 5) is 10.6. The van der Waals surface area contributed by atoms with Gasteiger partial charge in [0.25, 0.3) is 0 Å². The minimum Gasteiger partial charge on any atom is -0.450 e. The van der Waals surface area contributed by atoms with Crippen molar-refractivity contribution in [3.05, 3.63) is 35.9 Å². The number of unbranched alkanes of at least 4 members (excludes halogenated alkanes) is 5.